The lowest BCUT2D eigenvalue weighted by Gasteiger charge is -2.01. The number of esters is 1. The van der Waals surface area contributed by atoms with E-state index in [1.54, 1.807) is 26.0 Å². The number of hydrogen-bond acceptors (Lipinski definition) is 2. The van der Waals surface area contributed by atoms with Gasteiger partial charge in [0, 0.05) is 11.5 Å². The van der Waals surface area contributed by atoms with Crippen LogP contribution in [-0.2, 0) is 9.53 Å². The second-order valence-electron chi connectivity index (χ2n) is 3.17. The first-order valence-electron chi connectivity index (χ1n) is 4.41. The summed E-state index contributed by atoms with van der Waals surface area (Å²) in [5, 5.41) is 0. The lowest BCUT2D eigenvalue weighted by molar-refractivity contribution is -0.133. The highest BCUT2D eigenvalue weighted by atomic mass is 19.1. The molecule has 0 bridgehead atoms. The summed E-state index contributed by atoms with van der Waals surface area (Å²) in [5.41, 5.74) is 1.64. The van der Waals surface area contributed by atoms with E-state index in [0.717, 1.165) is 0 Å². The Kier molecular flexibility index (Phi) is 3.46. The molecule has 0 fully saturated rings. The smallest absolute Gasteiger partial charge is 0.384 e. The minimum absolute atomic E-state index is 0.237. The van der Waals surface area contributed by atoms with Gasteiger partial charge in [-0.1, -0.05) is 5.92 Å². The average Bonchev–Trinajstić information content (AvgIpc) is 2.22. The number of aryl methyl sites for hydroxylation is 2. The van der Waals surface area contributed by atoms with E-state index in [1.807, 2.05) is 0 Å². The Bertz CT molecular complexity index is 429. The largest absolute Gasteiger partial charge is 0.459 e. The number of ether oxygens (including phenoxy) is 1. The van der Waals surface area contributed by atoms with Crippen LogP contribution >= 0.6 is 0 Å². The number of carbonyl (C=O) groups excluding carboxylic acids is 1. The maximum atomic E-state index is 13.2. The Morgan fingerprint density at radius 1 is 1.33 bits per heavy atom. The van der Waals surface area contributed by atoms with E-state index >= 15 is 0 Å². The van der Waals surface area contributed by atoms with Crippen molar-refractivity contribution in [3.05, 3.63) is 34.6 Å². The zero-order chi connectivity index (χ0) is 11.4. The van der Waals surface area contributed by atoms with Crippen LogP contribution in [0.5, 0.6) is 0 Å². The molecule has 1 rings (SSSR count). The van der Waals surface area contributed by atoms with Crippen molar-refractivity contribution >= 4 is 5.97 Å². The minimum atomic E-state index is -0.602. The standard InChI is InChI=1S/C12H11FO2/c1-8-6-10(4-5-11(14)15-3)7-9(2)12(8)13/h6-7H,1-3H3. The van der Waals surface area contributed by atoms with Crippen LogP contribution in [0, 0.1) is 31.5 Å². The molecule has 0 radical (unpaired) electrons. The number of methoxy groups -OCH3 is 1. The van der Waals surface area contributed by atoms with Gasteiger partial charge in [0.15, 0.2) is 0 Å². The Hall–Kier alpha value is -1.82. The summed E-state index contributed by atoms with van der Waals surface area (Å²) in [7, 11) is 1.26. The highest BCUT2D eigenvalue weighted by Crippen LogP contribution is 2.13. The van der Waals surface area contributed by atoms with Crippen LogP contribution in [0.2, 0.25) is 0 Å². The van der Waals surface area contributed by atoms with Crippen LogP contribution in [0.4, 0.5) is 4.39 Å². The van der Waals surface area contributed by atoms with Crippen LogP contribution < -0.4 is 0 Å². The molecule has 0 atom stereocenters. The van der Waals surface area contributed by atoms with Crippen molar-refractivity contribution < 1.29 is 13.9 Å². The lowest BCUT2D eigenvalue weighted by atomic mass is 10.1. The first-order chi connectivity index (χ1) is 7.04. The SMILES string of the molecule is COC(=O)C#Cc1cc(C)c(F)c(C)c1. The Morgan fingerprint density at radius 2 is 1.87 bits per heavy atom. The molecule has 3 heteroatoms. The Balaban J connectivity index is 3.06. The first-order valence-corrected chi connectivity index (χ1v) is 4.41. The normalized spacial score (nSPS) is 9.07. The molecule has 0 aliphatic rings. The number of hydrogen-bond donors (Lipinski definition) is 0. The van der Waals surface area contributed by atoms with Crippen LogP contribution in [0.25, 0.3) is 0 Å². The molecule has 0 amide bonds. The molecule has 0 unspecified atom stereocenters. The van der Waals surface area contributed by atoms with Crippen LogP contribution in [-0.4, -0.2) is 13.1 Å². The van der Waals surface area contributed by atoms with Crippen molar-refractivity contribution in [3.63, 3.8) is 0 Å². The fourth-order valence-corrected chi connectivity index (χ4v) is 1.19. The van der Waals surface area contributed by atoms with E-state index in [-0.39, 0.29) is 5.82 Å². The van der Waals surface area contributed by atoms with Crippen molar-refractivity contribution in [1.29, 1.82) is 0 Å². The van der Waals surface area contributed by atoms with E-state index in [1.165, 1.54) is 7.11 Å². The van der Waals surface area contributed by atoms with Gasteiger partial charge in [-0.25, -0.2) is 9.18 Å². The molecule has 0 aliphatic heterocycles. The number of rotatable bonds is 0. The van der Waals surface area contributed by atoms with Crippen molar-refractivity contribution in [1.82, 2.24) is 0 Å². The topological polar surface area (TPSA) is 26.3 Å². The monoisotopic (exact) mass is 206 g/mol. The van der Waals surface area contributed by atoms with Crippen LogP contribution in [0.1, 0.15) is 16.7 Å². The van der Waals surface area contributed by atoms with Gasteiger partial charge in [0.2, 0.25) is 0 Å². The van der Waals surface area contributed by atoms with Gasteiger partial charge >= 0.3 is 5.97 Å². The highest BCUT2D eigenvalue weighted by molar-refractivity contribution is 5.89. The molecule has 0 spiro atoms. The van der Waals surface area contributed by atoms with Gasteiger partial charge in [0.05, 0.1) is 7.11 Å². The third-order valence-corrected chi connectivity index (χ3v) is 1.93. The van der Waals surface area contributed by atoms with E-state index in [0.29, 0.717) is 16.7 Å². The van der Waals surface area contributed by atoms with Gasteiger partial charge in [0.1, 0.15) is 5.82 Å². The minimum Gasteiger partial charge on any atom is -0.459 e. The molecule has 0 aromatic heterocycles. The van der Waals surface area contributed by atoms with Crippen molar-refractivity contribution in [3.8, 4) is 11.8 Å². The molecular weight excluding hydrogens is 195 g/mol. The van der Waals surface area contributed by atoms with E-state index in [2.05, 4.69) is 16.6 Å². The third-order valence-electron chi connectivity index (χ3n) is 1.93. The summed E-state index contributed by atoms with van der Waals surface area (Å²) in [6, 6.07) is 3.19. The summed E-state index contributed by atoms with van der Waals surface area (Å²) >= 11 is 0. The van der Waals surface area contributed by atoms with Gasteiger partial charge in [-0.3, -0.25) is 0 Å². The summed E-state index contributed by atoms with van der Waals surface area (Å²) in [6.45, 7) is 3.32. The van der Waals surface area contributed by atoms with Crippen molar-refractivity contribution in [2.75, 3.05) is 7.11 Å². The Morgan fingerprint density at radius 3 is 2.33 bits per heavy atom. The zero-order valence-corrected chi connectivity index (χ0v) is 8.85. The molecule has 1 aromatic rings. The highest BCUT2D eigenvalue weighted by Gasteiger charge is 2.02. The van der Waals surface area contributed by atoms with Gasteiger partial charge in [-0.05, 0) is 37.1 Å². The van der Waals surface area contributed by atoms with Gasteiger partial charge < -0.3 is 4.74 Å². The zero-order valence-electron chi connectivity index (χ0n) is 8.85. The van der Waals surface area contributed by atoms with Crippen LogP contribution in [0.3, 0.4) is 0 Å². The lowest BCUT2D eigenvalue weighted by Crippen LogP contribution is -1.95. The predicted molar refractivity (Wildman–Crippen MR) is 54.8 cm³/mol. The van der Waals surface area contributed by atoms with Crippen molar-refractivity contribution in [2.45, 2.75) is 13.8 Å². The Labute approximate surface area is 88.1 Å². The molecule has 0 saturated carbocycles. The summed E-state index contributed by atoms with van der Waals surface area (Å²) in [4.78, 5) is 10.8. The molecule has 0 heterocycles. The van der Waals surface area contributed by atoms with E-state index < -0.39 is 5.97 Å². The fraction of sp³-hybridized carbons (Fsp3) is 0.250. The second kappa shape index (κ2) is 4.61. The molecule has 2 nitrogen and oxygen atoms in total. The second-order valence-corrected chi connectivity index (χ2v) is 3.17. The van der Waals surface area contributed by atoms with Crippen molar-refractivity contribution in [2.24, 2.45) is 0 Å². The summed E-state index contributed by atoms with van der Waals surface area (Å²) in [5.74, 6) is 4.06. The maximum absolute atomic E-state index is 13.2. The van der Waals surface area contributed by atoms with Gasteiger partial charge in [-0.2, -0.15) is 0 Å². The molecular formula is C12H11FO2. The quantitative estimate of drug-likeness (QED) is 0.479. The molecule has 15 heavy (non-hydrogen) atoms. The van der Waals surface area contributed by atoms with E-state index in [4.69, 9.17) is 0 Å². The third kappa shape index (κ3) is 2.81. The van der Waals surface area contributed by atoms with Gasteiger partial charge in [0.25, 0.3) is 0 Å². The van der Waals surface area contributed by atoms with E-state index in [9.17, 15) is 9.18 Å². The fourth-order valence-electron chi connectivity index (χ4n) is 1.19. The number of carbonyl (C=O) groups is 1. The number of benzene rings is 1. The summed E-state index contributed by atoms with van der Waals surface area (Å²) in [6.07, 6.45) is 0. The molecule has 0 aliphatic carbocycles. The first kappa shape index (κ1) is 11.3. The maximum Gasteiger partial charge on any atom is 0.384 e. The predicted octanol–water partition coefficient (Wildman–Crippen LogP) is 1.97. The van der Waals surface area contributed by atoms with Gasteiger partial charge in [-0.15, -0.1) is 0 Å². The summed E-state index contributed by atoms with van der Waals surface area (Å²) < 4.78 is 17.6. The average molecular weight is 206 g/mol. The molecule has 0 saturated heterocycles. The molecule has 78 valence electrons. The number of halogens is 1. The molecule has 1 aromatic carbocycles. The van der Waals surface area contributed by atoms with Crippen LogP contribution in [0.15, 0.2) is 12.1 Å². The molecule has 0 N–H and O–H groups in total.